The summed E-state index contributed by atoms with van der Waals surface area (Å²) in [6, 6.07) is 4.18. The molecule has 0 amide bonds. The van der Waals surface area contributed by atoms with E-state index in [4.69, 9.17) is 0 Å². The Bertz CT molecular complexity index is 380. The Balaban J connectivity index is 0.00000162. The minimum Gasteiger partial charge on any atom is -0.312 e. The first kappa shape index (κ1) is 15.3. The summed E-state index contributed by atoms with van der Waals surface area (Å²) in [4.78, 5) is 2.11. The van der Waals surface area contributed by atoms with Crippen molar-refractivity contribution in [3.8, 4) is 0 Å². The average Bonchev–Trinajstić information content (AvgIpc) is 2.28. The molecule has 1 aromatic rings. The van der Waals surface area contributed by atoms with Crippen LogP contribution in [0, 0.1) is 11.6 Å². The third kappa shape index (κ3) is 3.19. The lowest BCUT2D eigenvalue weighted by Gasteiger charge is -2.36. The molecule has 1 N–H and O–H groups in total. The van der Waals surface area contributed by atoms with Crippen molar-refractivity contribution < 1.29 is 8.78 Å². The van der Waals surface area contributed by atoms with Gasteiger partial charge in [0.15, 0.2) is 0 Å². The van der Waals surface area contributed by atoms with E-state index in [2.05, 4.69) is 17.1 Å². The van der Waals surface area contributed by atoms with Crippen molar-refractivity contribution in [2.75, 3.05) is 19.6 Å². The number of benzene rings is 1. The van der Waals surface area contributed by atoms with Crippen LogP contribution in [0.5, 0.6) is 0 Å². The first-order chi connectivity index (χ1) is 8.09. The zero-order chi connectivity index (χ0) is 12.4. The lowest BCUT2D eigenvalue weighted by atomic mass is 10.0. The minimum atomic E-state index is -0.455. The number of hydrogen-bond donors (Lipinski definition) is 1. The summed E-state index contributed by atoms with van der Waals surface area (Å²) >= 11 is 0. The molecular weight excluding hydrogens is 258 g/mol. The molecule has 1 saturated heterocycles. The van der Waals surface area contributed by atoms with Gasteiger partial charge in [-0.3, -0.25) is 4.90 Å². The van der Waals surface area contributed by atoms with Gasteiger partial charge in [0.1, 0.15) is 11.6 Å². The highest BCUT2D eigenvalue weighted by atomic mass is 35.5. The van der Waals surface area contributed by atoms with Gasteiger partial charge in [0.05, 0.1) is 0 Å². The van der Waals surface area contributed by atoms with Gasteiger partial charge < -0.3 is 5.32 Å². The molecule has 2 atom stereocenters. The topological polar surface area (TPSA) is 15.3 Å². The van der Waals surface area contributed by atoms with Gasteiger partial charge in [-0.05, 0) is 26.0 Å². The lowest BCUT2D eigenvalue weighted by molar-refractivity contribution is 0.153. The SMILES string of the molecule is CC1CN(C(C)c2c(F)cccc2F)CCN1.Cl. The summed E-state index contributed by atoms with van der Waals surface area (Å²) in [5.41, 5.74) is 0.182. The summed E-state index contributed by atoms with van der Waals surface area (Å²) in [6.45, 7) is 6.44. The van der Waals surface area contributed by atoms with Crippen LogP contribution in [0.1, 0.15) is 25.5 Å². The molecule has 1 aliphatic heterocycles. The van der Waals surface area contributed by atoms with Crippen molar-refractivity contribution in [1.29, 1.82) is 0 Å². The predicted octanol–water partition coefficient (Wildman–Crippen LogP) is 2.74. The molecule has 1 aliphatic rings. The molecule has 1 fully saturated rings. The Hall–Kier alpha value is -0.710. The van der Waals surface area contributed by atoms with Crippen LogP contribution in [0.25, 0.3) is 0 Å². The van der Waals surface area contributed by atoms with Gasteiger partial charge in [-0.15, -0.1) is 12.4 Å². The summed E-state index contributed by atoms with van der Waals surface area (Å²) in [7, 11) is 0. The molecule has 0 aromatic heterocycles. The van der Waals surface area contributed by atoms with Crippen molar-refractivity contribution in [2.45, 2.75) is 25.9 Å². The number of piperazine rings is 1. The van der Waals surface area contributed by atoms with E-state index in [9.17, 15) is 8.78 Å². The lowest BCUT2D eigenvalue weighted by Crippen LogP contribution is -2.50. The summed E-state index contributed by atoms with van der Waals surface area (Å²) < 4.78 is 27.3. The quantitative estimate of drug-likeness (QED) is 0.894. The van der Waals surface area contributed by atoms with Gasteiger partial charge in [0.25, 0.3) is 0 Å². The van der Waals surface area contributed by atoms with Crippen LogP contribution >= 0.6 is 12.4 Å². The third-order valence-corrected chi connectivity index (χ3v) is 3.37. The maximum Gasteiger partial charge on any atom is 0.130 e. The van der Waals surface area contributed by atoms with Gasteiger partial charge in [0.2, 0.25) is 0 Å². The molecule has 2 unspecified atom stereocenters. The normalized spacial score (nSPS) is 22.3. The van der Waals surface area contributed by atoms with Gasteiger partial charge in [-0.2, -0.15) is 0 Å². The molecule has 102 valence electrons. The summed E-state index contributed by atoms with van der Waals surface area (Å²) in [5.74, 6) is -0.910. The largest absolute Gasteiger partial charge is 0.312 e. The van der Waals surface area contributed by atoms with E-state index in [1.165, 1.54) is 18.2 Å². The first-order valence-corrected chi connectivity index (χ1v) is 6.01. The van der Waals surface area contributed by atoms with E-state index in [1.54, 1.807) is 0 Å². The fourth-order valence-electron chi connectivity index (χ4n) is 2.41. The highest BCUT2D eigenvalue weighted by Crippen LogP contribution is 2.26. The summed E-state index contributed by atoms with van der Waals surface area (Å²) in [6.07, 6.45) is 0. The number of rotatable bonds is 2. The highest BCUT2D eigenvalue weighted by Gasteiger charge is 2.25. The van der Waals surface area contributed by atoms with Crippen LogP contribution in [0.15, 0.2) is 18.2 Å². The van der Waals surface area contributed by atoms with E-state index < -0.39 is 11.6 Å². The van der Waals surface area contributed by atoms with E-state index >= 15 is 0 Å². The molecular formula is C13H19ClF2N2. The number of nitrogens with one attached hydrogen (secondary N) is 1. The Labute approximate surface area is 113 Å². The molecule has 1 heterocycles. The van der Waals surface area contributed by atoms with Gasteiger partial charge in [-0.25, -0.2) is 8.78 Å². The number of hydrogen-bond acceptors (Lipinski definition) is 2. The molecule has 5 heteroatoms. The Morgan fingerprint density at radius 2 is 1.94 bits per heavy atom. The number of nitrogens with zero attached hydrogens (tertiary/aromatic N) is 1. The molecule has 0 bridgehead atoms. The van der Waals surface area contributed by atoms with Crippen molar-refractivity contribution in [3.05, 3.63) is 35.4 Å². The molecule has 1 aromatic carbocycles. The predicted molar refractivity (Wildman–Crippen MR) is 71.1 cm³/mol. The average molecular weight is 277 g/mol. The van der Waals surface area contributed by atoms with Crippen molar-refractivity contribution >= 4 is 12.4 Å². The fraction of sp³-hybridized carbons (Fsp3) is 0.538. The Morgan fingerprint density at radius 3 is 2.50 bits per heavy atom. The van der Waals surface area contributed by atoms with Gasteiger partial charge in [0, 0.05) is 37.3 Å². The van der Waals surface area contributed by atoms with Gasteiger partial charge in [-0.1, -0.05) is 6.07 Å². The molecule has 0 radical (unpaired) electrons. The van der Waals surface area contributed by atoms with Crippen LogP contribution in [0.4, 0.5) is 8.78 Å². The van der Waals surface area contributed by atoms with Crippen molar-refractivity contribution in [2.24, 2.45) is 0 Å². The smallest absolute Gasteiger partial charge is 0.130 e. The zero-order valence-electron chi connectivity index (χ0n) is 10.6. The zero-order valence-corrected chi connectivity index (χ0v) is 11.4. The fourth-order valence-corrected chi connectivity index (χ4v) is 2.41. The van der Waals surface area contributed by atoms with Crippen LogP contribution in [0.3, 0.4) is 0 Å². The maximum absolute atomic E-state index is 13.7. The minimum absolute atomic E-state index is 0. The van der Waals surface area contributed by atoms with Crippen LogP contribution in [-0.2, 0) is 0 Å². The van der Waals surface area contributed by atoms with Crippen LogP contribution in [-0.4, -0.2) is 30.6 Å². The molecule has 0 saturated carbocycles. The molecule has 0 aliphatic carbocycles. The van der Waals surface area contributed by atoms with Crippen LogP contribution < -0.4 is 5.32 Å². The molecule has 0 spiro atoms. The van der Waals surface area contributed by atoms with E-state index in [-0.39, 0.29) is 24.0 Å². The third-order valence-electron chi connectivity index (χ3n) is 3.37. The Morgan fingerprint density at radius 1 is 1.33 bits per heavy atom. The first-order valence-electron chi connectivity index (χ1n) is 6.01. The Kier molecular flexibility index (Phi) is 5.50. The second-order valence-electron chi connectivity index (χ2n) is 4.66. The van der Waals surface area contributed by atoms with Gasteiger partial charge >= 0.3 is 0 Å². The second-order valence-corrected chi connectivity index (χ2v) is 4.66. The molecule has 2 rings (SSSR count). The van der Waals surface area contributed by atoms with E-state index in [0.717, 1.165) is 19.6 Å². The van der Waals surface area contributed by atoms with Crippen molar-refractivity contribution in [1.82, 2.24) is 10.2 Å². The standard InChI is InChI=1S/C13H18F2N2.ClH/c1-9-8-17(7-6-16-9)10(2)13-11(14)4-3-5-12(13)15;/h3-5,9-10,16H,6-8H2,1-2H3;1H. The van der Waals surface area contributed by atoms with E-state index in [1.807, 2.05) is 6.92 Å². The van der Waals surface area contributed by atoms with Crippen molar-refractivity contribution in [3.63, 3.8) is 0 Å². The summed E-state index contributed by atoms with van der Waals surface area (Å²) in [5, 5.41) is 3.32. The monoisotopic (exact) mass is 276 g/mol. The second kappa shape index (κ2) is 6.45. The van der Waals surface area contributed by atoms with E-state index in [0.29, 0.717) is 6.04 Å². The maximum atomic E-state index is 13.7. The molecule has 18 heavy (non-hydrogen) atoms. The highest BCUT2D eigenvalue weighted by molar-refractivity contribution is 5.85. The number of halogens is 3. The van der Waals surface area contributed by atoms with Crippen LogP contribution in [0.2, 0.25) is 0 Å². The molecule has 2 nitrogen and oxygen atoms in total.